The van der Waals surface area contributed by atoms with Gasteiger partial charge in [0.25, 0.3) is 0 Å². The van der Waals surface area contributed by atoms with Gasteiger partial charge in [0.2, 0.25) is 0 Å². The van der Waals surface area contributed by atoms with E-state index in [1.807, 2.05) is 37.7 Å². The molecule has 0 unspecified atom stereocenters. The predicted molar refractivity (Wildman–Crippen MR) is 103 cm³/mol. The number of rotatable bonds is 17. The van der Waals surface area contributed by atoms with E-state index < -0.39 is 17.4 Å². The number of carboxylic acid groups (broad SMARTS) is 2. The molecule has 0 heterocycles. The monoisotopic (exact) mass is 374 g/mol. The highest BCUT2D eigenvalue weighted by Gasteiger charge is 2.37. The van der Waals surface area contributed by atoms with Crippen LogP contribution >= 0.6 is 0 Å². The maximum atomic E-state index is 12.1. The maximum absolute atomic E-state index is 12.1. The number of carboxylic acids is 2. The molecule has 0 aromatic carbocycles. The number of carbonyl (C=O) groups is 2. The highest BCUT2D eigenvalue weighted by molar-refractivity contribution is 5.74. The largest absolute Gasteiger partial charge is 0.481 e. The summed E-state index contributed by atoms with van der Waals surface area (Å²) < 4.78 is 0. The molecule has 0 aromatic rings. The molecular weight excluding hydrogens is 336 g/mol. The molecule has 0 rings (SSSR count). The Bertz CT molecular complexity index is 381. The van der Waals surface area contributed by atoms with Crippen LogP contribution in [0.3, 0.4) is 0 Å². The van der Waals surface area contributed by atoms with Crippen LogP contribution in [-0.2, 0) is 9.59 Å². The van der Waals surface area contributed by atoms with Gasteiger partial charge in [-0.2, -0.15) is 0 Å². The molecule has 0 aliphatic heterocycles. The molecule has 26 heavy (non-hydrogen) atoms. The van der Waals surface area contributed by atoms with Crippen molar-refractivity contribution in [2.24, 2.45) is 5.41 Å². The zero-order valence-electron chi connectivity index (χ0n) is 16.9. The molecule has 0 aromatic heterocycles. The van der Waals surface area contributed by atoms with Gasteiger partial charge in [-0.1, -0.05) is 27.7 Å². The molecule has 154 valence electrons. The molecule has 0 radical (unpaired) electrons. The molecule has 0 saturated heterocycles. The maximum Gasteiger partial charge on any atom is 0.309 e. The molecule has 0 saturated carbocycles. The van der Waals surface area contributed by atoms with E-state index in [4.69, 9.17) is 5.11 Å². The lowest BCUT2D eigenvalue weighted by Crippen LogP contribution is -2.44. The van der Waals surface area contributed by atoms with Crippen LogP contribution in [-0.4, -0.2) is 71.4 Å². The second kappa shape index (κ2) is 13.9. The summed E-state index contributed by atoms with van der Waals surface area (Å²) in [6.45, 7) is 12.7. The van der Waals surface area contributed by atoms with E-state index >= 15 is 0 Å². The van der Waals surface area contributed by atoms with E-state index in [9.17, 15) is 14.7 Å². The minimum Gasteiger partial charge on any atom is -0.481 e. The van der Waals surface area contributed by atoms with Crippen molar-refractivity contribution >= 4 is 11.9 Å². The molecule has 0 bridgehead atoms. The van der Waals surface area contributed by atoms with Gasteiger partial charge in [0.05, 0.1) is 5.41 Å². The fourth-order valence-corrected chi connectivity index (χ4v) is 3.07. The number of hydrogen-bond donors (Lipinski definition) is 4. The zero-order valence-corrected chi connectivity index (χ0v) is 16.9. The van der Waals surface area contributed by atoms with Gasteiger partial charge in [-0.15, -0.1) is 0 Å². The fraction of sp³-hybridized carbons (Fsp3) is 0.889. The van der Waals surface area contributed by atoms with Crippen molar-refractivity contribution in [1.82, 2.24) is 20.9 Å². The highest BCUT2D eigenvalue weighted by Crippen LogP contribution is 2.33. The van der Waals surface area contributed by atoms with E-state index in [0.717, 1.165) is 26.2 Å². The Morgan fingerprint density at radius 1 is 0.808 bits per heavy atom. The topological polar surface area (TPSA) is 105 Å². The number of nitrogens with one attached hydrogen (secondary N) is 2. The first-order valence-corrected chi connectivity index (χ1v) is 9.77. The summed E-state index contributed by atoms with van der Waals surface area (Å²) in [6.07, 6.45) is 1.69. The minimum atomic E-state index is -0.921. The Balaban J connectivity index is 4.92. The molecule has 0 aliphatic carbocycles. The summed E-state index contributed by atoms with van der Waals surface area (Å²) in [5, 5.41) is 22.9. The van der Waals surface area contributed by atoms with Crippen molar-refractivity contribution in [1.29, 1.82) is 0 Å². The SMILES string of the molecule is CCN(CC)NCCC(CCCC(=O)O)(CCNN(CC)CC)C(=O)O. The summed E-state index contributed by atoms with van der Waals surface area (Å²) in [5.41, 5.74) is 5.62. The van der Waals surface area contributed by atoms with E-state index in [-0.39, 0.29) is 6.42 Å². The molecular formula is C18H38N4O4. The number of hydrogen-bond acceptors (Lipinski definition) is 6. The van der Waals surface area contributed by atoms with Crippen LogP contribution in [0, 0.1) is 5.41 Å². The predicted octanol–water partition coefficient (Wildman–Crippen LogP) is 1.79. The van der Waals surface area contributed by atoms with Crippen molar-refractivity contribution in [2.75, 3.05) is 39.3 Å². The Morgan fingerprint density at radius 3 is 1.54 bits per heavy atom. The lowest BCUT2D eigenvalue weighted by Gasteiger charge is -2.32. The van der Waals surface area contributed by atoms with Crippen molar-refractivity contribution in [2.45, 2.75) is 59.8 Å². The molecule has 4 N–H and O–H groups in total. The van der Waals surface area contributed by atoms with Gasteiger partial charge in [-0.05, 0) is 25.7 Å². The highest BCUT2D eigenvalue weighted by atomic mass is 16.4. The van der Waals surface area contributed by atoms with Crippen LogP contribution in [0.15, 0.2) is 0 Å². The Hall–Kier alpha value is -1.22. The second-order valence-corrected chi connectivity index (χ2v) is 6.49. The van der Waals surface area contributed by atoms with Gasteiger partial charge >= 0.3 is 11.9 Å². The standard InChI is InChI=1S/C18H38N4O4/c1-5-21(6-2)19-14-12-18(17(25)26,11-9-10-16(23)24)13-15-20-22(7-3)8-4/h19-20H,5-15H2,1-4H3,(H,23,24)(H,25,26). The Labute approximate surface area is 157 Å². The van der Waals surface area contributed by atoms with Crippen molar-refractivity contribution in [3.8, 4) is 0 Å². The third-order valence-electron chi connectivity index (χ3n) is 4.90. The molecule has 0 spiro atoms. The first-order valence-electron chi connectivity index (χ1n) is 9.77. The normalized spacial score (nSPS) is 12.1. The summed E-state index contributed by atoms with van der Waals surface area (Å²) in [6, 6.07) is 0. The lowest BCUT2D eigenvalue weighted by molar-refractivity contribution is -0.151. The summed E-state index contributed by atoms with van der Waals surface area (Å²) in [5.74, 6) is -1.72. The van der Waals surface area contributed by atoms with Gasteiger partial charge in [0.1, 0.15) is 0 Å². The first-order chi connectivity index (χ1) is 12.3. The van der Waals surface area contributed by atoms with Crippen molar-refractivity contribution < 1.29 is 19.8 Å². The quantitative estimate of drug-likeness (QED) is 0.286. The van der Waals surface area contributed by atoms with Crippen LogP contribution in [0.5, 0.6) is 0 Å². The molecule has 8 nitrogen and oxygen atoms in total. The van der Waals surface area contributed by atoms with E-state index in [1.54, 1.807) is 0 Å². The van der Waals surface area contributed by atoms with Gasteiger partial charge in [-0.3, -0.25) is 20.4 Å². The fourth-order valence-electron chi connectivity index (χ4n) is 3.07. The van der Waals surface area contributed by atoms with E-state index in [2.05, 4.69) is 10.9 Å². The van der Waals surface area contributed by atoms with Crippen LogP contribution in [0.25, 0.3) is 0 Å². The smallest absolute Gasteiger partial charge is 0.309 e. The van der Waals surface area contributed by atoms with Crippen LogP contribution < -0.4 is 10.9 Å². The summed E-state index contributed by atoms with van der Waals surface area (Å²) >= 11 is 0. The van der Waals surface area contributed by atoms with Crippen molar-refractivity contribution in [3.63, 3.8) is 0 Å². The molecule has 0 amide bonds. The number of hydrazine groups is 2. The lowest BCUT2D eigenvalue weighted by atomic mass is 9.76. The van der Waals surface area contributed by atoms with E-state index in [1.165, 1.54) is 0 Å². The van der Waals surface area contributed by atoms with Gasteiger partial charge in [-0.25, -0.2) is 10.0 Å². The molecule has 0 fully saturated rings. The molecule has 8 heteroatoms. The molecule has 0 aliphatic rings. The molecule has 0 atom stereocenters. The second-order valence-electron chi connectivity index (χ2n) is 6.49. The van der Waals surface area contributed by atoms with Crippen LogP contribution in [0.1, 0.15) is 59.8 Å². The number of aliphatic carboxylic acids is 2. The number of nitrogens with zero attached hydrogens (tertiary/aromatic N) is 2. The third-order valence-corrected chi connectivity index (χ3v) is 4.90. The van der Waals surface area contributed by atoms with Crippen LogP contribution in [0.4, 0.5) is 0 Å². The summed E-state index contributed by atoms with van der Waals surface area (Å²) in [4.78, 5) is 22.9. The average Bonchev–Trinajstić information content (AvgIpc) is 2.61. The van der Waals surface area contributed by atoms with E-state index in [0.29, 0.717) is 38.8 Å². The average molecular weight is 375 g/mol. The third kappa shape index (κ3) is 9.47. The van der Waals surface area contributed by atoms with Gasteiger partial charge in [0.15, 0.2) is 0 Å². The Kier molecular flexibility index (Phi) is 13.3. The minimum absolute atomic E-state index is 0.00196. The van der Waals surface area contributed by atoms with Gasteiger partial charge in [0, 0.05) is 45.7 Å². The summed E-state index contributed by atoms with van der Waals surface area (Å²) in [7, 11) is 0. The van der Waals surface area contributed by atoms with Crippen molar-refractivity contribution in [3.05, 3.63) is 0 Å². The Morgan fingerprint density at radius 2 is 1.23 bits per heavy atom. The zero-order chi connectivity index (χ0) is 20.0. The van der Waals surface area contributed by atoms with Gasteiger partial charge < -0.3 is 10.2 Å². The van der Waals surface area contributed by atoms with Crippen LogP contribution in [0.2, 0.25) is 0 Å². The first kappa shape index (κ1) is 24.8.